The van der Waals surface area contributed by atoms with Crippen LogP contribution < -0.4 is 5.48 Å². The number of fused-ring (bicyclic) bond motifs is 1. The molecule has 0 aliphatic heterocycles. The Bertz CT molecular complexity index is 670. The van der Waals surface area contributed by atoms with Crippen molar-refractivity contribution in [3.05, 3.63) is 59.3 Å². The zero-order valence-corrected chi connectivity index (χ0v) is 13.8. The Balaban J connectivity index is 1.54. The number of aliphatic hydroxyl groups excluding tert-OH is 2. The summed E-state index contributed by atoms with van der Waals surface area (Å²) in [6.07, 6.45) is 3.84. The highest BCUT2D eigenvalue weighted by molar-refractivity contribution is 5.66. The second kappa shape index (κ2) is 7.82. The van der Waals surface area contributed by atoms with E-state index in [0.29, 0.717) is 12.8 Å². The lowest BCUT2D eigenvalue weighted by atomic mass is 9.83. The number of hydroxylamine groups is 1. The molecule has 0 spiro atoms. The van der Waals surface area contributed by atoms with Gasteiger partial charge in [-0.05, 0) is 24.0 Å². The topological polar surface area (TPSA) is 99.0 Å². The number of rotatable bonds is 8. The molecule has 0 saturated heterocycles. The highest BCUT2D eigenvalue weighted by Gasteiger charge is 2.45. The molecule has 1 fully saturated rings. The van der Waals surface area contributed by atoms with Gasteiger partial charge in [-0.25, -0.2) is 0 Å². The van der Waals surface area contributed by atoms with Crippen molar-refractivity contribution in [1.82, 2.24) is 5.48 Å². The predicted molar refractivity (Wildman–Crippen MR) is 91.1 cm³/mol. The Labute approximate surface area is 146 Å². The molecule has 1 aromatic carbocycles. The summed E-state index contributed by atoms with van der Waals surface area (Å²) in [5.74, 6) is -0.810. The molecule has 3 rings (SSSR count). The lowest BCUT2D eigenvalue weighted by Crippen LogP contribution is -2.32. The van der Waals surface area contributed by atoms with Crippen molar-refractivity contribution in [2.24, 2.45) is 11.8 Å². The van der Waals surface area contributed by atoms with Gasteiger partial charge in [0.2, 0.25) is 0 Å². The van der Waals surface area contributed by atoms with Crippen LogP contribution in [0.4, 0.5) is 0 Å². The Morgan fingerprint density at radius 3 is 2.80 bits per heavy atom. The van der Waals surface area contributed by atoms with Crippen molar-refractivity contribution in [3.8, 4) is 0 Å². The van der Waals surface area contributed by atoms with Crippen LogP contribution in [0.25, 0.3) is 0 Å². The fraction of sp³-hybridized carbons (Fsp3) is 0.421. The van der Waals surface area contributed by atoms with Gasteiger partial charge in [0, 0.05) is 17.5 Å². The van der Waals surface area contributed by atoms with Gasteiger partial charge in [0.25, 0.3) is 0 Å². The summed E-state index contributed by atoms with van der Waals surface area (Å²) in [7, 11) is 0. The molecule has 0 radical (unpaired) electrons. The second-order valence-electron chi connectivity index (χ2n) is 6.51. The number of benzene rings is 1. The number of allylic oxidation sites excluding steroid dienone is 1. The molecule has 0 amide bonds. The van der Waals surface area contributed by atoms with Gasteiger partial charge in [0.05, 0.1) is 25.2 Å². The van der Waals surface area contributed by atoms with E-state index >= 15 is 0 Å². The molecule has 0 bridgehead atoms. The standard InChI is InChI=1S/C19H23NO5/c21-17(12-4-2-1-3-5-12)7-6-13-10-14-15(19(13)24)11-16(14)20-25-9-8-18(22)23/h1-7,13,15,17,19-21,24H,8-11H2,(H,22,23)/t13?,15-,17?,19?/m1/s1. The minimum atomic E-state index is -0.899. The largest absolute Gasteiger partial charge is 0.481 e. The van der Waals surface area contributed by atoms with Crippen molar-refractivity contribution >= 4 is 5.97 Å². The fourth-order valence-electron chi connectivity index (χ4n) is 3.42. The number of hydrogen-bond acceptors (Lipinski definition) is 5. The molecule has 6 nitrogen and oxygen atoms in total. The molecule has 0 aromatic heterocycles. The van der Waals surface area contributed by atoms with E-state index in [-0.39, 0.29) is 24.9 Å². The third-order valence-corrected chi connectivity index (χ3v) is 4.86. The van der Waals surface area contributed by atoms with Gasteiger partial charge in [-0.3, -0.25) is 15.1 Å². The molecule has 4 atom stereocenters. The molecule has 134 valence electrons. The van der Waals surface area contributed by atoms with Crippen LogP contribution in [0.3, 0.4) is 0 Å². The quantitative estimate of drug-likeness (QED) is 0.326. The van der Waals surface area contributed by atoms with Crippen LogP contribution in [0.5, 0.6) is 0 Å². The van der Waals surface area contributed by atoms with Gasteiger partial charge >= 0.3 is 5.97 Å². The first-order chi connectivity index (χ1) is 12.1. The Kier molecular flexibility index (Phi) is 5.53. The predicted octanol–water partition coefficient (Wildman–Crippen LogP) is 1.93. The van der Waals surface area contributed by atoms with Crippen LogP contribution in [-0.4, -0.2) is 34.0 Å². The first-order valence-electron chi connectivity index (χ1n) is 8.47. The maximum atomic E-state index is 10.4. The molecule has 0 heterocycles. The van der Waals surface area contributed by atoms with E-state index in [1.165, 1.54) is 0 Å². The van der Waals surface area contributed by atoms with Crippen molar-refractivity contribution in [2.75, 3.05) is 6.61 Å². The molecular formula is C19H23NO5. The molecule has 3 unspecified atom stereocenters. The van der Waals surface area contributed by atoms with E-state index in [1.807, 2.05) is 36.4 Å². The second-order valence-corrected chi connectivity index (χ2v) is 6.51. The van der Waals surface area contributed by atoms with Crippen molar-refractivity contribution < 1.29 is 25.0 Å². The monoisotopic (exact) mass is 345 g/mol. The summed E-state index contributed by atoms with van der Waals surface area (Å²) in [6, 6.07) is 9.39. The number of aliphatic carboxylic acids is 1. The van der Waals surface area contributed by atoms with Crippen LogP contribution in [0.1, 0.15) is 30.9 Å². The average Bonchev–Trinajstić information content (AvgIpc) is 2.83. The summed E-state index contributed by atoms with van der Waals surface area (Å²) in [5, 5.41) is 29.2. The van der Waals surface area contributed by atoms with Crippen molar-refractivity contribution in [2.45, 2.75) is 31.5 Å². The van der Waals surface area contributed by atoms with Crippen LogP contribution in [-0.2, 0) is 9.63 Å². The molecule has 2 aliphatic carbocycles. The van der Waals surface area contributed by atoms with Crippen LogP contribution in [0, 0.1) is 11.8 Å². The van der Waals surface area contributed by atoms with Gasteiger partial charge in [0.1, 0.15) is 0 Å². The molecular weight excluding hydrogens is 322 g/mol. The van der Waals surface area contributed by atoms with E-state index in [4.69, 9.17) is 9.94 Å². The number of aliphatic hydroxyl groups is 2. The van der Waals surface area contributed by atoms with Crippen LogP contribution in [0.15, 0.2) is 53.8 Å². The fourth-order valence-corrected chi connectivity index (χ4v) is 3.42. The zero-order chi connectivity index (χ0) is 17.8. The van der Waals surface area contributed by atoms with Gasteiger partial charge in [-0.2, -0.15) is 0 Å². The summed E-state index contributed by atoms with van der Waals surface area (Å²) < 4.78 is 0. The van der Waals surface area contributed by atoms with Gasteiger partial charge in [-0.1, -0.05) is 42.5 Å². The SMILES string of the molecule is O=C(O)CCONC1=C2CC(C=CC(O)c3ccccc3)C(O)[C@@H]2C1. The maximum absolute atomic E-state index is 10.4. The summed E-state index contributed by atoms with van der Waals surface area (Å²) >= 11 is 0. The molecule has 1 saturated carbocycles. The minimum absolute atomic E-state index is 0.0309. The van der Waals surface area contributed by atoms with E-state index in [2.05, 4.69) is 5.48 Å². The molecule has 4 N–H and O–H groups in total. The van der Waals surface area contributed by atoms with Gasteiger partial charge in [0.15, 0.2) is 0 Å². The molecule has 6 heteroatoms. The Morgan fingerprint density at radius 1 is 1.32 bits per heavy atom. The highest BCUT2D eigenvalue weighted by atomic mass is 16.6. The first kappa shape index (κ1) is 17.7. The third-order valence-electron chi connectivity index (χ3n) is 4.86. The lowest BCUT2D eigenvalue weighted by Gasteiger charge is -2.30. The number of carboxylic acid groups (broad SMARTS) is 1. The smallest absolute Gasteiger partial charge is 0.305 e. The molecule has 25 heavy (non-hydrogen) atoms. The summed E-state index contributed by atoms with van der Waals surface area (Å²) in [5.41, 5.74) is 5.70. The number of hydrogen-bond donors (Lipinski definition) is 4. The van der Waals surface area contributed by atoms with E-state index in [1.54, 1.807) is 6.08 Å². The average molecular weight is 345 g/mol. The lowest BCUT2D eigenvalue weighted by molar-refractivity contribution is -0.138. The van der Waals surface area contributed by atoms with E-state index in [0.717, 1.165) is 16.8 Å². The van der Waals surface area contributed by atoms with Crippen molar-refractivity contribution in [3.63, 3.8) is 0 Å². The van der Waals surface area contributed by atoms with Crippen molar-refractivity contribution in [1.29, 1.82) is 0 Å². The van der Waals surface area contributed by atoms with E-state index < -0.39 is 18.2 Å². The summed E-state index contributed by atoms with van der Waals surface area (Å²) in [6.45, 7) is 0.103. The normalized spacial score (nSPS) is 26.4. The molecule has 2 aliphatic rings. The minimum Gasteiger partial charge on any atom is -0.481 e. The summed E-state index contributed by atoms with van der Waals surface area (Å²) in [4.78, 5) is 15.6. The van der Waals surface area contributed by atoms with Crippen LogP contribution in [0.2, 0.25) is 0 Å². The van der Waals surface area contributed by atoms with Crippen LogP contribution >= 0.6 is 0 Å². The van der Waals surface area contributed by atoms with Gasteiger partial charge < -0.3 is 15.3 Å². The number of carboxylic acids is 1. The maximum Gasteiger partial charge on any atom is 0.305 e. The Morgan fingerprint density at radius 2 is 2.08 bits per heavy atom. The zero-order valence-electron chi connectivity index (χ0n) is 13.8. The number of carbonyl (C=O) groups is 1. The number of nitrogens with one attached hydrogen (secondary N) is 1. The first-order valence-corrected chi connectivity index (χ1v) is 8.47. The van der Waals surface area contributed by atoms with E-state index in [9.17, 15) is 15.0 Å². The highest BCUT2D eigenvalue weighted by Crippen LogP contribution is 2.48. The molecule has 1 aromatic rings. The van der Waals surface area contributed by atoms with Gasteiger partial charge in [-0.15, -0.1) is 0 Å². The Hall–Kier alpha value is -2.15. The third kappa shape index (κ3) is 4.10.